The zero-order chi connectivity index (χ0) is 21.6. The van der Waals surface area contributed by atoms with E-state index in [1.807, 2.05) is 12.1 Å². The Kier molecular flexibility index (Phi) is 6.99. The third kappa shape index (κ3) is 5.14. The first kappa shape index (κ1) is 21.5. The van der Waals surface area contributed by atoms with Crippen LogP contribution in [0.1, 0.15) is 49.1 Å². The van der Waals surface area contributed by atoms with Gasteiger partial charge in [0, 0.05) is 25.0 Å². The predicted octanol–water partition coefficient (Wildman–Crippen LogP) is 3.32. The van der Waals surface area contributed by atoms with Crippen molar-refractivity contribution in [1.29, 1.82) is 0 Å². The van der Waals surface area contributed by atoms with Crippen molar-refractivity contribution in [3.8, 4) is 0 Å². The van der Waals surface area contributed by atoms with Crippen molar-refractivity contribution in [3.63, 3.8) is 0 Å². The van der Waals surface area contributed by atoms with Crippen molar-refractivity contribution in [2.75, 3.05) is 19.6 Å². The van der Waals surface area contributed by atoms with Crippen molar-refractivity contribution in [3.05, 3.63) is 71.8 Å². The first-order valence-corrected chi connectivity index (χ1v) is 11.3. The van der Waals surface area contributed by atoms with Crippen molar-refractivity contribution >= 4 is 11.9 Å². The summed E-state index contributed by atoms with van der Waals surface area (Å²) in [7, 11) is 0. The Bertz CT molecular complexity index is 835. The van der Waals surface area contributed by atoms with Crippen LogP contribution in [0.15, 0.2) is 60.7 Å². The molecule has 2 saturated heterocycles. The molecule has 2 aliphatic rings. The molecule has 2 aliphatic heterocycles. The number of urea groups is 1. The van der Waals surface area contributed by atoms with Gasteiger partial charge in [0.15, 0.2) is 0 Å². The van der Waals surface area contributed by atoms with Gasteiger partial charge >= 0.3 is 6.03 Å². The quantitative estimate of drug-likeness (QED) is 0.481. The van der Waals surface area contributed by atoms with E-state index in [-0.39, 0.29) is 30.4 Å². The first-order valence-electron chi connectivity index (χ1n) is 11.3. The largest absolute Gasteiger partial charge is 0.378 e. The molecule has 6 nitrogen and oxygen atoms in total. The van der Waals surface area contributed by atoms with Crippen molar-refractivity contribution < 1.29 is 14.7 Å². The number of aliphatic hydroxyl groups excluding tert-OH is 1. The van der Waals surface area contributed by atoms with E-state index in [1.165, 1.54) is 16.0 Å². The van der Waals surface area contributed by atoms with E-state index in [9.17, 15) is 14.7 Å². The number of nitrogens with one attached hydrogen (secondary N) is 1. The number of hydrogen-bond acceptors (Lipinski definition) is 4. The molecule has 2 heterocycles. The normalized spacial score (nSPS) is 20.5. The second kappa shape index (κ2) is 10.1. The summed E-state index contributed by atoms with van der Waals surface area (Å²) in [4.78, 5) is 26.7. The third-order valence-corrected chi connectivity index (χ3v) is 6.44. The van der Waals surface area contributed by atoms with Gasteiger partial charge in [-0.1, -0.05) is 60.7 Å². The molecule has 2 aromatic rings. The fourth-order valence-electron chi connectivity index (χ4n) is 4.96. The zero-order valence-electron chi connectivity index (χ0n) is 17.8. The van der Waals surface area contributed by atoms with Gasteiger partial charge in [-0.2, -0.15) is 0 Å². The van der Waals surface area contributed by atoms with E-state index in [0.29, 0.717) is 13.0 Å². The predicted molar refractivity (Wildman–Crippen MR) is 119 cm³/mol. The number of likely N-dealkylation sites (tertiary alicyclic amines) is 1. The van der Waals surface area contributed by atoms with Crippen LogP contribution in [-0.2, 0) is 4.79 Å². The molecule has 0 spiro atoms. The van der Waals surface area contributed by atoms with Crippen molar-refractivity contribution in [1.82, 2.24) is 15.1 Å². The number of carbonyl (C=O) groups excluding carboxylic acids is 2. The summed E-state index contributed by atoms with van der Waals surface area (Å²) in [5.74, 6) is -0.0170. The zero-order valence-corrected chi connectivity index (χ0v) is 17.8. The second-order valence-electron chi connectivity index (χ2n) is 8.50. The molecule has 0 radical (unpaired) electrons. The van der Waals surface area contributed by atoms with E-state index in [4.69, 9.17) is 0 Å². The van der Waals surface area contributed by atoms with Gasteiger partial charge in [0.05, 0.1) is 0 Å². The number of unbranched alkanes of at least 4 members (excludes halogenated alkanes) is 1. The average molecular weight is 422 g/mol. The molecular formula is C25H31N3O3. The Morgan fingerprint density at radius 1 is 0.968 bits per heavy atom. The van der Waals surface area contributed by atoms with Crippen LogP contribution in [0.4, 0.5) is 4.79 Å². The molecule has 2 fully saturated rings. The Morgan fingerprint density at radius 2 is 1.61 bits per heavy atom. The Hall–Kier alpha value is -2.70. The molecule has 4 rings (SSSR count). The number of carbonyl (C=O) groups is 2. The summed E-state index contributed by atoms with van der Waals surface area (Å²) in [5.41, 5.74) is 2.56. The highest BCUT2D eigenvalue weighted by Crippen LogP contribution is 2.37. The summed E-state index contributed by atoms with van der Waals surface area (Å²) < 4.78 is 0. The maximum atomic E-state index is 11.6. The average Bonchev–Trinajstić information content (AvgIpc) is 3.39. The first-order chi connectivity index (χ1) is 15.1. The summed E-state index contributed by atoms with van der Waals surface area (Å²) in [6.45, 7) is 1.58. The molecule has 0 saturated carbocycles. The maximum absolute atomic E-state index is 11.6. The fraction of sp³-hybridized carbons (Fsp3) is 0.440. The lowest BCUT2D eigenvalue weighted by atomic mass is 9.83. The van der Waals surface area contributed by atoms with Crippen molar-refractivity contribution in [2.24, 2.45) is 0 Å². The van der Waals surface area contributed by atoms with E-state index < -0.39 is 6.23 Å². The molecule has 0 bridgehead atoms. The van der Waals surface area contributed by atoms with Crippen LogP contribution < -0.4 is 5.32 Å². The lowest BCUT2D eigenvalue weighted by molar-refractivity contribution is -0.118. The van der Waals surface area contributed by atoms with Crippen LogP contribution in [0.5, 0.6) is 0 Å². The molecule has 0 aromatic heterocycles. The van der Waals surface area contributed by atoms with Crippen LogP contribution in [-0.4, -0.2) is 58.7 Å². The number of amides is 3. The molecule has 0 aliphatic carbocycles. The van der Waals surface area contributed by atoms with Gasteiger partial charge in [-0.3, -0.25) is 15.0 Å². The minimum atomic E-state index is -0.503. The fourth-order valence-corrected chi connectivity index (χ4v) is 4.96. The van der Waals surface area contributed by atoms with Crippen LogP contribution in [0.2, 0.25) is 0 Å². The standard InChI is InChI=1S/C25H31N3O3/c29-22-18-27(25(31)26-22)16-8-7-15-23(30)28-17-9-14-21(28)24(19-10-3-1-4-11-19)20-12-5-2-6-13-20/h1-6,10-13,21,23-24,30H,7-9,14-18H2,(H,26,29,31). The monoisotopic (exact) mass is 421 g/mol. The third-order valence-electron chi connectivity index (χ3n) is 6.44. The van der Waals surface area contributed by atoms with Crippen LogP contribution >= 0.6 is 0 Å². The topological polar surface area (TPSA) is 72.9 Å². The molecule has 31 heavy (non-hydrogen) atoms. The number of hydrogen-bond donors (Lipinski definition) is 2. The number of nitrogens with zero attached hydrogens (tertiary/aromatic N) is 2. The number of aliphatic hydroxyl groups is 1. The molecule has 6 heteroatoms. The SMILES string of the molecule is O=C1CN(CCCCC(O)N2CCCC2C(c2ccccc2)c2ccccc2)C(=O)N1. The van der Waals surface area contributed by atoms with E-state index >= 15 is 0 Å². The molecule has 2 atom stereocenters. The summed E-state index contributed by atoms with van der Waals surface area (Å²) >= 11 is 0. The maximum Gasteiger partial charge on any atom is 0.324 e. The highest BCUT2D eigenvalue weighted by molar-refractivity contribution is 6.01. The summed E-state index contributed by atoms with van der Waals surface area (Å²) in [6, 6.07) is 21.1. The van der Waals surface area contributed by atoms with Gasteiger partial charge in [0.1, 0.15) is 12.8 Å². The lowest BCUT2D eigenvalue weighted by Gasteiger charge is -2.35. The number of imide groups is 1. The van der Waals surface area contributed by atoms with E-state index in [0.717, 1.165) is 32.2 Å². The van der Waals surface area contributed by atoms with Gasteiger partial charge in [0.2, 0.25) is 5.91 Å². The second-order valence-corrected chi connectivity index (χ2v) is 8.50. The van der Waals surface area contributed by atoms with Crippen LogP contribution in [0.3, 0.4) is 0 Å². The molecule has 2 N–H and O–H groups in total. The smallest absolute Gasteiger partial charge is 0.324 e. The van der Waals surface area contributed by atoms with Crippen LogP contribution in [0, 0.1) is 0 Å². The Labute approximate surface area is 183 Å². The van der Waals surface area contributed by atoms with E-state index in [2.05, 4.69) is 58.7 Å². The van der Waals surface area contributed by atoms with Gasteiger partial charge in [0.25, 0.3) is 0 Å². The minimum Gasteiger partial charge on any atom is -0.378 e. The van der Waals surface area contributed by atoms with Gasteiger partial charge in [-0.05, 0) is 43.2 Å². The van der Waals surface area contributed by atoms with Gasteiger partial charge < -0.3 is 10.0 Å². The minimum absolute atomic E-state index is 0.144. The molecule has 2 aromatic carbocycles. The van der Waals surface area contributed by atoms with Gasteiger partial charge in [-0.15, -0.1) is 0 Å². The highest BCUT2D eigenvalue weighted by Gasteiger charge is 2.36. The van der Waals surface area contributed by atoms with Crippen LogP contribution in [0.25, 0.3) is 0 Å². The van der Waals surface area contributed by atoms with Gasteiger partial charge in [-0.25, -0.2) is 4.79 Å². The number of benzene rings is 2. The molecular weight excluding hydrogens is 390 g/mol. The summed E-state index contributed by atoms with van der Waals surface area (Å²) in [6.07, 6.45) is 3.88. The molecule has 164 valence electrons. The Morgan fingerprint density at radius 3 is 2.19 bits per heavy atom. The molecule has 2 unspecified atom stereocenters. The summed E-state index contributed by atoms with van der Waals surface area (Å²) in [5, 5.41) is 13.3. The lowest BCUT2D eigenvalue weighted by Crippen LogP contribution is -2.42. The molecule has 3 amide bonds. The highest BCUT2D eigenvalue weighted by atomic mass is 16.3. The number of rotatable bonds is 9. The van der Waals surface area contributed by atoms with Crippen molar-refractivity contribution in [2.45, 2.75) is 50.3 Å². The van der Waals surface area contributed by atoms with E-state index in [1.54, 1.807) is 0 Å². The Balaban J connectivity index is 1.39.